The van der Waals surface area contributed by atoms with Crippen LogP contribution in [0.2, 0.25) is 0 Å². The van der Waals surface area contributed by atoms with Gasteiger partial charge < -0.3 is 21.3 Å². The monoisotopic (exact) mass is 297 g/mol. The van der Waals surface area contributed by atoms with Crippen LogP contribution in [0.5, 0.6) is 0 Å². The van der Waals surface area contributed by atoms with Crippen LogP contribution in [0.3, 0.4) is 0 Å². The van der Waals surface area contributed by atoms with Crippen molar-refractivity contribution in [2.75, 3.05) is 31.3 Å². The molecule has 110 valence electrons. The fraction of sp³-hybridized carbons (Fsp3) is 0.583. The van der Waals surface area contributed by atoms with Crippen molar-refractivity contribution in [3.63, 3.8) is 0 Å². The zero-order valence-corrected chi connectivity index (χ0v) is 12.4. The third-order valence-electron chi connectivity index (χ3n) is 3.31. The molecule has 1 unspecified atom stereocenters. The lowest BCUT2D eigenvalue weighted by atomic mass is 10.0. The minimum absolute atomic E-state index is 0.206. The number of carbonyl (C=O) groups excluding carboxylic acids is 2. The van der Waals surface area contributed by atoms with E-state index in [9.17, 15) is 9.59 Å². The summed E-state index contributed by atoms with van der Waals surface area (Å²) in [6.45, 7) is 0.529. The average molecular weight is 297 g/mol. The van der Waals surface area contributed by atoms with Crippen molar-refractivity contribution in [1.29, 1.82) is 0 Å². The molecule has 0 spiro atoms. The van der Waals surface area contributed by atoms with Gasteiger partial charge in [0.15, 0.2) is 5.13 Å². The second-order valence-electron chi connectivity index (χ2n) is 5.02. The number of hydrogen-bond donors (Lipinski definition) is 2. The molecule has 0 radical (unpaired) electrons. The minimum atomic E-state index is -0.541. The van der Waals surface area contributed by atoms with Crippen molar-refractivity contribution in [3.05, 3.63) is 4.88 Å². The highest BCUT2D eigenvalue weighted by Gasteiger charge is 2.33. The number of aromatic nitrogens is 1. The highest BCUT2D eigenvalue weighted by molar-refractivity contribution is 7.18. The predicted molar refractivity (Wildman–Crippen MR) is 78.7 cm³/mol. The molecular weight excluding hydrogens is 278 g/mol. The van der Waals surface area contributed by atoms with E-state index < -0.39 is 11.9 Å². The Morgan fingerprint density at radius 1 is 1.40 bits per heavy atom. The molecule has 20 heavy (non-hydrogen) atoms. The van der Waals surface area contributed by atoms with Gasteiger partial charge in [-0.05, 0) is 19.3 Å². The van der Waals surface area contributed by atoms with Gasteiger partial charge in [-0.2, -0.15) is 0 Å². The van der Waals surface area contributed by atoms with Gasteiger partial charge in [-0.1, -0.05) is 11.3 Å². The number of nitrogen functional groups attached to an aromatic ring is 1. The molecular formula is C12H19N5O2S. The highest BCUT2D eigenvalue weighted by atomic mass is 32.1. The lowest BCUT2D eigenvalue weighted by Crippen LogP contribution is -2.50. The number of nitrogens with two attached hydrogens (primary N) is 2. The third kappa shape index (κ3) is 2.69. The molecule has 4 N–H and O–H groups in total. The number of carbonyl (C=O) groups is 2. The van der Waals surface area contributed by atoms with E-state index >= 15 is 0 Å². The molecule has 8 heteroatoms. The molecule has 1 aliphatic rings. The maximum atomic E-state index is 12.6. The summed E-state index contributed by atoms with van der Waals surface area (Å²) in [6.07, 6.45) is 2.38. The van der Waals surface area contributed by atoms with Crippen molar-refractivity contribution < 1.29 is 9.59 Å². The number of nitrogens with zero attached hydrogens (tertiary/aromatic N) is 3. The van der Waals surface area contributed by atoms with Crippen molar-refractivity contribution in [2.24, 2.45) is 5.73 Å². The number of primary amides is 1. The van der Waals surface area contributed by atoms with Crippen LogP contribution in [-0.2, 0) is 4.79 Å². The zero-order valence-electron chi connectivity index (χ0n) is 11.6. The first kappa shape index (κ1) is 14.6. The van der Waals surface area contributed by atoms with Crippen molar-refractivity contribution in [2.45, 2.75) is 25.3 Å². The van der Waals surface area contributed by atoms with E-state index in [2.05, 4.69) is 4.98 Å². The summed E-state index contributed by atoms with van der Waals surface area (Å²) in [5.74, 6) is -0.511. The number of piperidine rings is 1. The van der Waals surface area contributed by atoms with Gasteiger partial charge >= 0.3 is 0 Å². The molecule has 1 aliphatic heterocycles. The van der Waals surface area contributed by atoms with Gasteiger partial charge in [-0.15, -0.1) is 0 Å². The molecule has 7 nitrogen and oxygen atoms in total. The number of anilines is 2. The smallest absolute Gasteiger partial charge is 0.268 e. The normalized spacial score (nSPS) is 18.9. The molecule has 0 aromatic carbocycles. The molecule has 0 saturated carbocycles. The van der Waals surface area contributed by atoms with Crippen LogP contribution in [0.25, 0.3) is 0 Å². The van der Waals surface area contributed by atoms with Crippen molar-refractivity contribution >= 4 is 34.1 Å². The summed E-state index contributed by atoms with van der Waals surface area (Å²) in [5.41, 5.74) is 11.2. The second-order valence-corrected chi connectivity index (χ2v) is 6.00. The minimum Gasteiger partial charge on any atom is -0.382 e. The number of likely N-dealkylation sites (tertiary alicyclic amines) is 1. The lowest BCUT2D eigenvalue weighted by molar-refractivity contribution is -0.123. The Hall–Kier alpha value is -1.83. The summed E-state index contributed by atoms with van der Waals surface area (Å²) in [7, 11) is 3.67. The molecule has 1 aromatic rings. The van der Waals surface area contributed by atoms with Crippen LogP contribution in [0.1, 0.15) is 28.9 Å². The summed E-state index contributed by atoms with van der Waals surface area (Å²) in [6, 6.07) is -0.541. The Labute approximate surface area is 121 Å². The molecule has 2 rings (SSSR count). The van der Waals surface area contributed by atoms with E-state index in [4.69, 9.17) is 11.5 Å². The maximum Gasteiger partial charge on any atom is 0.268 e. The average Bonchev–Trinajstić information content (AvgIpc) is 2.80. The first-order valence-corrected chi connectivity index (χ1v) is 7.27. The van der Waals surface area contributed by atoms with Gasteiger partial charge in [0.25, 0.3) is 5.91 Å². The number of amides is 2. The molecule has 1 aromatic heterocycles. The van der Waals surface area contributed by atoms with Crippen LogP contribution in [-0.4, -0.2) is 48.4 Å². The van der Waals surface area contributed by atoms with Crippen LogP contribution >= 0.6 is 11.3 Å². The summed E-state index contributed by atoms with van der Waals surface area (Å²) in [5, 5.41) is 0.665. The largest absolute Gasteiger partial charge is 0.382 e. The van der Waals surface area contributed by atoms with E-state index in [1.165, 1.54) is 16.2 Å². The van der Waals surface area contributed by atoms with E-state index in [1.54, 1.807) is 4.90 Å². The van der Waals surface area contributed by atoms with Gasteiger partial charge in [0, 0.05) is 20.6 Å². The van der Waals surface area contributed by atoms with E-state index in [-0.39, 0.29) is 11.7 Å². The zero-order chi connectivity index (χ0) is 14.9. The van der Waals surface area contributed by atoms with Crippen LogP contribution < -0.4 is 16.4 Å². The summed E-state index contributed by atoms with van der Waals surface area (Å²) < 4.78 is 0. The van der Waals surface area contributed by atoms with E-state index in [0.717, 1.165) is 12.8 Å². The topological polar surface area (TPSA) is 106 Å². The van der Waals surface area contributed by atoms with E-state index in [1.807, 2.05) is 14.1 Å². The highest BCUT2D eigenvalue weighted by Crippen LogP contribution is 2.30. The first-order chi connectivity index (χ1) is 9.41. The quantitative estimate of drug-likeness (QED) is 0.833. The predicted octanol–water partition coefficient (Wildman–Crippen LogP) is 0.271. The van der Waals surface area contributed by atoms with Gasteiger partial charge in [0.05, 0.1) is 0 Å². The molecule has 1 atom stereocenters. The lowest BCUT2D eigenvalue weighted by Gasteiger charge is -2.33. The van der Waals surface area contributed by atoms with Gasteiger partial charge in [-0.3, -0.25) is 9.59 Å². The van der Waals surface area contributed by atoms with Crippen LogP contribution in [0.15, 0.2) is 0 Å². The maximum absolute atomic E-state index is 12.6. The Bertz CT molecular complexity index is 528. The van der Waals surface area contributed by atoms with E-state index in [0.29, 0.717) is 23.0 Å². The Morgan fingerprint density at radius 3 is 2.65 bits per heavy atom. The van der Waals surface area contributed by atoms with Crippen molar-refractivity contribution in [1.82, 2.24) is 9.88 Å². The summed E-state index contributed by atoms with van der Waals surface area (Å²) >= 11 is 1.23. The molecule has 0 aliphatic carbocycles. The third-order valence-corrected chi connectivity index (χ3v) is 4.54. The van der Waals surface area contributed by atoms with Gasteiger partial charge in [0.1, 0.15) is 16.7 Å². The number of thiazole rings is 1. The fourth-order valence-electron chi connectivity index (χ4n) is 2.27. The SMILES string of the molecule is CN(C)c1nc(N)c(C(=O)N2CCCCC2C(N)=O)s1. The van der Waals surface area contributed by atoms with Gasteiger partial charge in [-0.25, -0.2) is 4.98 Å². The van der Waals surface area contributed by atoms with Crippen LogP contribution in [0.4, 0.5) is 10.9 Å². The Morgan fingerprint density at radius 2 is 2.10 bits per heavy atom. The second kappa shape index (κ2) is 5.66. The van der Waals surface area contributed by atoms with Gasteiger partial charge in [0.2, 0.25) is 5.91 Å². The van der Waals surface area contributed by atoms with Crippen molar-refractivity contribution in [3.8, 4) is 0 Å². The standard InChI is InChI=1S/C12H19N5O2S/c1-16(2)12-15-9(13)8(20-12)11(19)17-6-4-3-5-7(17)10(14)18/h7H,3-6,13H2,1-2H3,(H2,14,18). The number of hydrogen-bond acceptors (Lipinski definition) is 6. The fourth-order valence-corrected chi connectivity index (χ4v) is 3.13. The molecule has 2 amide bonds. The first-order valence-electron chi connectivity index (χ1n) is 6.45. The number of rotatable bonds is 3. The Balaban J connectivity index is 2.27. The molecule has 0 bridgehead atoms. The molecule has 2 heterocycles. The van der Waals surface area contributed by atoms with Crippen LogP contribution in [0, 0.1) is 0 Å². The molecule has 1 saturated heterocycles. The molecule has 1 fully saturated rings. The summed E-state index contributed by atoms with van der Waals surface area (Å²) in [4.78, 5) is 31.9. The Kier molecular flexibility index (Phi) is 4.12.